The van der Waals surface area contributed by atoms with Crippen LogP contribution in [0.5, 0.6) is 0 Å². The Kier molecular flexibility index (Phi) is 4.79. The van der Waals surface area contributed by atoms with E-state index in [0.29, 0.717) is 6.54 Å². The van der Waals surface area contributed by atoms with Gasteiger partial charge in [-0.1, -0.05) is 60.2 Å². The molecule has 0 fully saturated rings. The van der Waals surface area contributed by atoms with Crippen molar-refractivity contribution >= 4 is 11.7 Å². The number of aryl methyl sites for hydroxylation is 1. The monoisotopic (exact) mass is 335 g/mol. The number of rotatable bonds is 5. The van der Waals surface area contributed by atoms with E-state index in [0.717, 1.165) is 11.3 Å². The molecular weight excluding hydrogens is 314 g/mol. The van der Waals surface area contributed by atoms with Gasteiger partial charge in [0, 0.05) is 6.54 Å². The molecule has 6 heteroatoms. The molecule has 2 aromatic carbocycles. The second-order valence-electron chi connectivity index (χ2n) is 6.09. The Bertz CT molecular complexity index is 855. The van der Waals surface area contributed by atoms with E-state index in [1.165, 1.54) is 10.2 Å². The first-order valence-corrected chi connectivity index (χ1v) is 8.17. The van der Waals surface area contributed by atoms with Gasteiger partial charge in [-0.05, 0) is 30.5 Å². The van der Waals surface area contributed by atoms with Gasteiger partial charge in [-0.3, -0.25) is 4.79 Å². The van der Waals surface area contributed by atoms with Gasteiger partial charge in [0.25, 0.3) is 5.91 Å². The third kappa shape index (κ3) is 3.68. The Morgan fingerprint density at radius 2 is 1.84 bits per heavy atom. The molecule has 6 nitrogen and oxygen atoms in total. The van der Waals surface area contributed by atoms with Crippen molar-refractivity contribution in [3.8, 4) is 5.69 Å². The number of nitrogen functional groups attached to an aromatic ring is 1. The van der Waals surface area contributed by atoms with Gasteiger partial charge in [0.15, 0.2) is 11.5 Å². The molecule has 0 spiro atoms. The molecule has 128 valence electrons. The number of nitrogens with one attached hydrogen (secondary N) is 1. The Morgan fingerprint density at radius 1 is 1.16 bits per heavy atom. The number of nitrogens with two attached hydrogens (primary N) is 1. The maximum absolute atomic E-state index is 12.4. The Hall–Kier alpha value is -3.15. The van der Waals surface area contributed by atoms with Gasteiger partial charge in [-0.25, -0.2) is 0 Å². The molecule has 0 unspecified atom stereocenters. The van der Waals surface area contributed by atoms with Crippen LogP contribution < -0.4 is 11.1 Å². The molecule has 3 rings (SSSR count). The van der Waals surface area contributed by atoms with Gasteiger partial charge in [0.05, 0.1) is 5.69 Å². The summed E-state index contributed by atoms with van der Waals surface area (Å²) in [5.74, 6) is 0.103. The normalized spacial score (nSPS) is 11.9. The van der Waals surface area contributed by atoms with E-state index in [1.54, 1.807) is 0 Å². The minimum Gasteiger partial charge on any atom is -0.382 e. The van der Waals surface area contributed by atoms with Crippen molar-refractivity contribution in [3.63, 3.8) is 0 Å². The highest BCUT2D eigenvalue weighted by Gasteiger charge is 2.19. The van der Waals surface area contributed by atoms with E-state index in [1.807, 2.05) is 61.5 Å². The number of benzene rings is 2. The lowest BCUT2D eigenvalue weighted by atomic mass is 10.0. The second kappa shape index (κ2) is 7.17. The Morgan fingerprint density at radius 3 is 2.52 bits per heavy atom. The maximum atomic E-state index is 12.4. The van der Waals surface area contributed by atoms with Crippen LogP contribution in [0.1, 0.15) is 34.5 Å². The van der Waals surface area contributed by atoms with E-state index >= 15 is 0 Å². The van der Waals surface area contributed by atoms with Crippen molar-refractivity contribution in [2.24, 2.45) is 0 Å². The standard InChI is InChI=1S/C19H21N5O/c1-13-8-10-16(11-9-13)24-18(20)17(22-23-24)19(25)21-12-14(2)15-6-4-3-5-7-15/h3-11,14H,12,20H2,1-2H3,(H,21,25)/t14-/m1/s1. The zero-order valence-corrected chi connectivity index (χ0v) is 14.3. The molecule has 25 heavy (non-hydrogen) atoms. The SMILES string of the molecule is Cc1ccc(-n2nnc(C(=O)NC[C@@H](C)c3ccccc3)c2N)cc1. The Balaban J connectivity index is 1.70. The molecule has 1 amide bonds. The van der Waals surface area contributed by atoms with Crippen LogP contribution in [-0.2, 0) is 0 Å². The third-order valence-electron chi connectivity index (χ3n) is 4.14. The molecule has 0 bridgehead atoms. The van der Waals surface area contributed by atoms with Crippen LogP contribution in [0.2, 0.25) is 0 Å². The zero-order valence-electron chi connectivity index (χ0n) is 14.3. The lowest BCUT2D eigenvalue weighted by Crippen LogP contribution is -2.28. The van der Waals surface area contributed by atoms with E-state index in [2.05, 4.69) is 22.6 Å². The van der Waals surface area contributed by atoms with Gasteiger partial charge < -0.3 is 11.1 Å². The van der Waals surface area contributed by atoms with Crippen LogP contribution >= 0.6 is 0 Å². The number of amides is 1. The molecule has 1 heterocycles. The summed E-state index contributed by atoms with van der Waals surface area (Å²) in [6.45, 7) is 4.56. The minimum atomic E-state index is -0.321. The number of hydrogen-bond acceptors (Lipinski definition) is 4. The summed E-state index contributed by atoms with van der Waals surface area (Å²) >= 11 is 0. The lowest BCUT2D eigenvalue weighted by molar-refractivity contribution is 0.0947. The average Bonchev–Trinajstić information content (AvgIpc) is 3.02. The summed E-state index contributed by atoms with van der Waals surface area (Å²) in [6.07, 6.45) is 0. The molecule has 1 atom stereocenters. The first kappa shape index (κ1) is 16.7. The number of hydrogen-bond donors (Lipinski definition) is 2. The number of aromatic nitrogens is 3. The summed E-state index contributed by atoms with van der Waals surface area (Å²) in [5, 5.41) is 10.8. The predicted molar refractivity (Wildman–Crippen MR) is 97.7 cm³/mol. The Labute approximate surface area is 146 Å². The fourth-order valence-electron chi connectivity index (χ4n) is 2.56. The van der Waals surface area contributed by atoms with Crippen LogP contribution in [0.3, 0.4) is 0 Å². The quantitative estimate of drug-likeness (QED) is 0.750. The highest BCUT2D eigenvalue weighted by molar-refractivity contribution is 5.96. The smallest absolute Gasteiger partial charge is 0.275 e. The van der Waals surface area contributed by atoms with Gasteiger partial charge in [-0.15, -0.1) is 5.10 Å². The van der Waals surface area contributed by atoms with Crippen molar-refractivity contribution in [2.45, 2.75) is 19.8 Å². The number of carbonyl (C=O) groups is 1. The molecule has 0 aliphatic heterocycles. The van der Waals surface area contributed by atoms with Crippen molar-refractivity contribution < 1.29 is 4.79 Å². The maximum Gasteiger partial charge on any atom is 0.275 e. The minimum absolute atomic E-state index is 0.140. The molecule has 0 aliphatic rings. The van der Waals surface area contributed by atoms with Gasteiger partial charge in [0.2, 0.25) is 0 Å². The third-order valence-corrected chi connectivity index (χ3v) is 4.14. The molecule has 3 N–H and O–H groups in total. The summed E-state index contributed by atoms with van der Waals surface area (Å²) < 4.78 is 1.47. The molecular formula is C19H21N5O. The zero-order chi connectivity index (χ0) is 17.8. The van der Waals surface area contributed by atoms with Crippen molar-refractivity contribution in [3.05, 3.63) is 71.4 Å². The lowest BCUT2D eigenvalue weighted by Gasteiger charge is -2.12. The van der Waals surface area contributed by atoms with Crippen LogP contribution in [-0.4, -0.2) is 27.4 Å². The number of nitrogens with zero attached hydrogens (tertiary/aromatic N) is 3. The second-order valence-corrected chi connectivity index (χ2v) is 6.09. The molecule has 0 saturated carbocycles. The van der Waals surface area contributed by atoms with Crippen molar-refractivity contribution in [1.29, 1.82) is 0 Å². The average molecular weight is 335 g/mol. The molecule has 1 aromatic heterocycles. The van der Waals surface area contributed by atoms with Crippen molar-refractivity contribution in [1.82, 2.24) is 20.3 Å². The van der Waals surface area contributed by atoms with E-state index in [9.17, 15) is 4.79 Å². The van der Waals surface area contributed by atoms with Crippen LogP contribution in [0.25, 0.3) is 5.69 Å². The van der Waals surface area contributed by atoms with Crippen LogP contribution in [0.4, 0.5) is 5.82 Å². The van der Waals surface area contributed by atoms with E-state index in [-0.39, 0.29) is 23.3 Å². The summed E-state index contributed by atoms with van der Waals surface area (Å²) in [7, 11) is 0. The number of carbonyl (C=O) groups excluding carboxylic acids is 1. The highest BCUT2D eigenvalue weighted by atomic mass is 16.2. The largest absolute Gasteiger partial charge is 0.382 e. The first-order chi connectivity index (χ1) is 12.1. The predicted octanol–water partition coefficient (Wildman–Crippen LogP) is 2.69. The molecule has 0 saturated heterocycles. The fourth-order valence-corrected chi connectivity index (χ4v) is 2.56. The molecule has 0 radical (unpaired) electrons. The fraction of sp³-hybridized carbons (Fsp3) is 0.211. The van der Waals surface area contributed by atoms with E-state index in [4.69, 9.17) is 5.73 Å². The summed E-state index contributed by atoms with van der Waals surface area (Å²) in [5.41, 5.74) is 9.28. The summed E-state index contributed by atoms with van der Waals surface area (Å²) in [6, 6.07) is 17.7. The topological polar surface area (TPSA) is 85.8 Å². The van der Waals surface area contributed by atoms with E-state index < -0.39 is 0 Å². The number of anilines is 1. The van der Waals surface area contributed by atoms with Gasteiger partial charge in [-0.2, -0.15) is 4.68 Å². The summed E-state index contributed by atoms with van der Waals surface area (Å²) in [4.78, 5) is 12.4. The van der Waals surface area contributed by atoms with Crippen LogP contribution in [0.15, 0.2) is 54.6 Å². The highest BCUT2D eigenvalue weighted by Crippen LogP contribution is 2.17. The molecule has 0 aliphatic carbocycles. The molecule has 3 aromatic rings. The van der Waals surface area contributed by atoms with Crippen molar-refractivity contribution in [2.75, 3.05) is 12.3 Å². The first-order valence-electron chi connectivity index (χ1n) is 8.17. The van der Waals surface area contributed by atoms with Gasteiger partial charge >= 0.3 is 0 Å². The van der Waals surface area contributed by atoms with Crippen LogP contribution in [0, 0.1) is 6.92 Å². The van der Waals surface area contributed by atoms with Gasteiger partial charge in [0.1, 0.15) is 0 Å².